The predicted molar refractivity (Wildman–Crippen MR) is 169 cm³/mol. The fourth-order valence-electron chi connectivity index (χ4n) is 6.04. The van der Waals surface area contributed by atoms with Crippen LogP contribution in [-0.4, -0.2) is 88.2 Å². The number of aromatic hydroxyl groups is 1. The number of hydrogen-bond donors (Lipinski definition) is 2. The molecule has 2 aliphatic heterocycles. The monoisotopic (exact) mass is 616 g/mol. The first-order valence-corrected chi connectivity index (χ1v) is 15.2. The first-order chi connectivity index (χ1) is 21.5. The van der Waals surface area contributed by atoms with E-state index in [0.717, 1.165) is 16.7 Å². The number of urea groups is 1. The standard InChI is InChI=1S/C34H41FN6O4/c1-22(2)38(5)29-18-26(13-16-28(29)35)23(3)39-20-31-40(30(33(39)44)17-24-11-14-27(42)15-12-24)32(43)21-37(4)41(31)34(45)36-19-25-9-7-6-8-10-25/h6-16,18,22-23,30-31,42H,17,19-21H2,1-5H3,(H,36,45)/t23-,30+,31+/m1/s1. The molecule has 11 heteroatoms. The molecular weight excluding hydrogens is 575 g/mol. The van der Waals surface area contributed by atoms with Crippen LogP contribution >= 0.6 is 0 Å². The second-order valence-corrected chi connectivity index (χ2v) is 12.1. The molecule has 2 saturated heterocycles. The number of piperazine rings is 1. The molecule has 0 bridgehead atoms. The van der Waals surface area contributed by atoms with Gasteiger partial charge in [0.05, 0.1) is 24.8 Å². The summed E-state index contributed by atoms with van der Waals surface area (Å²) in [5.41, 5.74) is 2.85. The fraction of sp³-hybridized carbons (Fsp3) is 0.382. The lowest BCUT2D eigenvalue weighted by molar-refractivity contribution is -0.189. The maximum atomic E-state index is 14.9. The maximum absolute atomic E-state index is 14.9. The molecule has 2 heterocycles. The Balaban J connectivity index is 1.51. The van der Waals surface area contributed by atoms with Gasteiger partial charge in [0.2, 0.25) is 11.8 Å². The van der Waals surface area contributed by atoms with E-state index in [4.69, 9.17) is 0 Å². The molecule has 3 atom stereocenters. The van der Waals surface area contributed by atoms with E-state index < -0.39 is 24.3 Å². The number of hydrogen-bond acceptors (Lipinski definition) is 6. The summed E-state index contributed by atoms with van der Waals surface area (Å²) in [7, 11) is 3.51. The number of fused-ring (bicyclic) bond motifs is 1. The topological polar surface area (TPSA) is 99.7 Å². The van der Waals surface area contributed by atoms with Crippen molar-refractivity contribution in [2.24, 2.45) is 0 Å². The lowest BCUT2D eigenvalue weighted by Crippen LogP contribution is -2.76. The summed E-state index contributed by atoms with van der Waals surface area (Å²) in [6.07, 6.45) is -0.592. The van der Waals surface area contributed by atoms with E-state index in [9.17, 15) is 23.9 Å². The minimum atomic E-state index is -0.903. The lowest BCUT2D eigenvalue weighted by Gasteiger charge is -2.55. The lowest BCUT2D eigenvalue weighted by atomic mass is 9.96. The van der Waals surface area contributed by atoms with Crippen LogP contribution < -0.4 is 10.2 Å². The number of carbonyl (C=O) groups is 3. The highest BCUT2D eigenvalue weighted by Gasteiger charge is 2.51. The second kappa shape index (κ2) is 13.2. The van der Waals surface area contributed by atoms with E-state index in [2.05, 4.69) is 5.32 Å². The minimum absolute atomic E-state index is 0.0525. The highest BCUT2D eigenvalue weighted by Crippen LogP contribution is 2.34. The molecule has 3 aromatic rings. The van der Waals surface area contributed by atoms with Gasteiger partial charge in [-0.25, -0.2) is 19.2 Å². The minimum Gasteiger partial charge on any atom is -0.508 e. The van der Waals surface area contributed by atoms with Crippen LogP contribution in [0.25, 0.3) is 0 Å². The zero-order chi connectivity index (χ0) is 32.4. The Morgan fingerprint density at radius 2 is 1.71 bits per heavy atom. The molecule has 2 N–H and O–H groups in total. The normalized spacial score (nSPS) is 19.5. The number of phenolic OH excluding ortho intramolecular Hbond substituents is 1. The first kappa shape index (κ1) is 31.8. The molecular formula is C34H41FN6O4. The molecule has 238 valence electrons. The van der Waals surface area contributed by atoms with Crippen molar-refractivity contribution in [3.63, 3.8) is 0 Å². The first-order valence-electron chi connectivity index (χ1n) is 15.2. The third-order valence-electron chi connectivity index (χ3n) is 8.82. The van der Waals surface area contributed by atoms with Crippen molar-refractivity contribution >= 4 is 23.5 Å². The summed E-state index contributed by atoms with van der Waals surface area (Å²) in [5.74, 6) is -0.791. The molecule has 0 unspecified atom stereocenters. The second-order valence-electron chi connectivity index (χ2n) is 12.1. The average Bonchev–Trinajstić information content (AvgIpc) is 3.02. The average molecular weight is 617 g/mol. The van der Waals surface area contributed by atoms with Crippen LogP contribution in [0.1, 0.15) is 43.5 Å². The summed E-state index contributed by atoms with van der Waals surface area (Å²) in [6.45, 7) is 6.11. The van der Waals surface area contributed by atoms with Gasteiger partial charge in [0.1, 0.15) is 23.8 Å². The summed E-state index contributed by atoms with van der Waals surface area (Å²) in [5, 5.41) is 15.9. The third-order valence-corrected chi connectivity index (χ3v) is 8.82. The number of phenols is 1. The van der Waals surface area contributed by atoms with Crippen molar-refractivity contribution in [1.29, 1.82) is 0 Å². The molecule has 0 saturated carbocycles. The number of nitrogens with one attached hydrogen (secondary N) is 1. The van der Waals surface area contributed by atoms with Gasteiger partial charge in [-0.05, 0) is 61.7 Å². The smallest absolute Gasteiger partial charge is 0.334 e. The van der Waals surface area contributed by atoms with Crippen LogP contribution in [0, 0.1) is 5.82 Å². The summed E-state index contributed by atoms with van der Waals surface area (Å²) in [6, 6.07) is 19.2. The number of amides is 4. The van der Waals surface area contributed by atoms with Crippen LogP contribution in [-0.2, 0) is 22.6 Å². The van der Waals surface area contributed by atoms with Crippen molar-refractivity contribution in [2.45, 2.75) is 58.0 Å². The van der Waals surface area contributed by atoms with Gasteiger partial charge in [-0.2, -0.15) is 0 Å². The highest BCUT2D eigenvalue weighted by molar-refractivity contribution is 5.92. The Kier molecular flexibility index (Phi) is 9.29. The van der Waals surface area contributed by atoms with Gasteiger partial charge in [-0.3, -0.25) is 9.59 Å². The maximum Gasteiger partial charge on any atom is 0.334 e. The Hall–Kier alpha value is -4.64. The van der Waals surface area contributed by atoms with E-state index in [1.807, 2.05) is 63.1 Å². The number of carbonyl (C=O) groups excluding carboxylic acids is 3. The van der Waals surface area contributed by atoms with Crippen LogP contribution in [0.5, 0.6) is 5.75 Å². The van der Waals surface area contributed by atoms with Crippen LogP contribution in [0.3, 0.4) is 0 Å². The molecule has 10 nitrogen and oxygen atoms in total. The largest absolute Gasteiger partial charge is 0.508 e. The van der Waals surface area contributed by atoms with E-state index in [0.29, 0.717) is 12.2 Å². The number of rotatable bonds is 8. The molecule has 4 amide bonds. The molecule has 45 heavy (non-hydrogen) atoms. The van der Waals surface area contributed by atoms with Gasteiger partial charge in [-0.15, -0.1) is 0 Å². The highest BCUT2D eigenvalue weighted by atomic mass is 19.1. The molecule has 3 aromatic carbocycles. The zero-order valence-electron chi connectivity index (χ0n) is 26.4. The summed E-state index contributed by atoms with van der Waals surface area (Å²) >= 11 is 0. The number of hydrazine groups is 1. The van der Waals surface area contributed by atoms with Gasteiger partial charge in [0.15, 0.2) is 0 Å². The zero-order valence-corrected chi connectivity index (χ0v) is 26.4. The van der Waals surface area contributed by atoms with Gasteiger partial charge in [0.25, 0.3) is 0 Å². The van der Waals surface area contributed by atoms with Crippen molar-refractivity contribution < 1.29 is 23.9 Å². The van der Waals surface area contributed by atoms with Gasteiger partial charge in [-0.1, -0.05) is 48.5 Å². The molecule has 2 aliphatic rings. The van der Waals surface area contributed by atoms with Crippen molar-refractivity contribution in [1.82, 2.24) is 25.1 Å². The number of nitrogens with zero attached hydrogens (tertiary/aromatic N) is 5. The molecule has 2 fully saturated rings. The van der Waals surface area contributed by atoms with Crippen molar-refractivity contribution in [3.8, 4) is 5.75 Å². The summed E-state index contributed by atoms with van der Waals surface area (Å²) < 4.78 is 14.9. The van der Waals surface area contributed by atoms with Gasteiger partial charge in [0, 0.05) is 33.1 Å². The Bertz CT molecular complexity index is 1540. The fourth-order valence-corrected chi connectivity index (χ4v) is 6.04. The van der Waals surface area contributed by atoms with Crippen molar-refractivity contribution in [3.05, 3.63) is 95.3 Å². The van der Waals surface area contributed by atoms with E-state index in [1.165, 1.54) is 16.0 Å². The van der Waals surface area contributed by atoms with E-state index >= 15 is 0 Å². The molecule has 0 aliphatic carbocycles. The number of halogens is 1. The number of benzene rings is 3. The molecule has 0 radical (unpaired) electrons. The Labute approximate surface area is 263 Å². The Morgan fingerprint density at radius 3 is 2.38 bits per heavy atom. The molecule has 0 aromatic heterocycles. The predicted octanol–water partition coefficient (Wildman–Crippen LogP) is 4.12. The number of likely N-dealkylation sites (N-methyl/N-ethyl adjacent to an activating group) is 1. The summed E-state index contributed by atoms with van der Waals surface area (Å²) in [4.78, 5) is 46.8. The van der Waals surface area contributed by atoms with Crippen LogP contribution in [0.15, 0.2) is 72.8 Å². The van der Waals surface area contributed by atoms with Crippen molar-refractivity contribution in [2.75, 3.05) is 32.1 Å². The van der Waals surface area contributed by atoms with Crippen LogP contribution in [0.4, 0.5) is 14.9 Å². The van der Waals surface area contributed by atoms with Gasteiger partial charge < -0.3 is 25.1 Å². The third kappa shape index (κ3) is 6.58. The van der Waals surface area contributed by atoms with E-state index in [-0.39, 0.29) is 48.9 Å². The number of anilines is 1. The SMILES string of the molecule is CC(C)N(C)c1cc([C@@H](C)N2C[C@H]3N(C(=O)CN(C)N3C(=O)NCc3ccccc3)[C@@H](Cc3ccc(O)cc3)C2=O)ccc1F. The Morgan fingerprint density at radius 1 is 1.02 bits per heavy atom. The van der Waals surface area contributed by atoms with Crippen LogP contribution in [0.2, 0.25) is 0 Å². The molecule has 0 spiro atoms. The van der Waals surface area contributed by atoms with Gasteiger partial charge >= 0.3 is 6.03 Å². The quantitative estimate of drug-likeness (QED) is 0.395. The van der Waals surface area contributed by atoms with E-state index in [1.54, 1.807) is 53.4 Å². The molecule has 5 rings (SSSR count).